The molecule has 4 heterocycles. The SMILES string of the molecule is CC(=O)OC[C@H]1O[C@@H](O[C@H]2[C@H](OC(C)=O)[C@@H](N3C(=O)c4ccccc4C3=O)[C@H](OC(=N)C(Cl)(Cl)Cl)O[C@@H]2CO[Si](c2ccccc2)(c2ccccc2)C(C)(C)C)[C@H](N2C(=O)c3ccccc3C2=O)[C@@H](OC(C)=O)[C@@H]1OC(C)=O. The van der Waals surface area contributed by atoms with Crippen LogP contribution in [-0.4, -0.2) is 150 Å². The second-order valence-electron chi connectivity index (χ2n) is 19.7. The van der Waals surface area contributed by atoms with Gasteiger partial charge < -0.3 is 42.3 Å². The Morgan fingerprint density at radius 1 is 0.526 bits per heavy atom. The second-order valence-corrected chi connectivity index (χ2v) is 26.3. The van der Waals surface area contributed by atoms with Crippen molar-refractivity contribution < 1.29 is 80.7 Å². The molecule has 0 aliphatic carbocycles. The number of amides is 4. The molecule has 412 valence electrons. The summed E-state index contributed by atoms with van der Waals surface area (Å²) in [5.74, 6) is -8.58. The summed E-state index contributed by atoms with van der Waals surface area (Å²) in [7, 11) is -3.63. The lowest BCUT2D eigenvalue weighted by Gasteiger charge is -2.52. The molecule has 4 aliphatic rings. The number of hydrogen-bond acceptors (Lipinski definition) is 18. The standard InChI is InChI=1S/C54H54Cl3N3O17Si/c1-28(61)69-26-38-42(71-29(2)62)44(72-30(3)63)40(59-46(65)34-22-14-15-23-35(34)47(59)66)50(74-38)76-43-39(27-70-78(53(5,6)7,32-18-10-8-11-19-32)33-20-12-9-13-21-33)75-51(77-52(58)54(55,56)57)41(45(43)73-31(4)64)60-48(67)36-24-16-17-25-37(36)49(60)68/h8-25,38-45,50-51,58H,26-27H2,1-7H3/t38-,39-,40-,41-,42-,43-,44-,45-,50+,51+/m1/s1. The minimum Gasteiger partial charge on any atom is -0.463 e. The van der Waals surface area contributed by atoms with Gasteiger partial charge in [-0.1, -0.05) is 141 Å². The van der Waals surface area contributed by atoms with Crippen LogP contribution < -0.4 is 10.4 Å². The number of carbonyl (C=O) groups excluding carboxylic acids is 8. The maximum absolute atomic E-state index is 14.7. The molecular weight excluding hydrogens is 1100 g/mol. The number of halogens is 3. The maximum Gasteiger partial charge on any atom is 0.303 e. The van der Waals surface area contributed by atoms with Gasteiger partial charge in [-0.25, -0.2) is 0 Å². The number of alkyl halides is 3. The van der Waals surface area contributed by atoms with Crippen molar-refractivity contribution in [3.8, 4) is 0 Å². The van der Waals surface area contributed by atoms with Crippen LogP contribution >= 0.6 is 34.8 Å². The van der Waals surface area contributed by atoms with Gasteiger partial charge in [-0.2, -0.15) is 0 Å². The molecule has 8 rings (SSSR count). The van der Waals surface area contributed by atoms with Crippen molar-refractivity contribution >= 4 is 107 Å². The summed E-state index contributed by atoms with van der Waals surface area (Å²) in [4.78, 5) is 113. The third-order valence-electron chi connectivity index (χ3n) is 13.5. The van der Waals surface area contributed by atoms with Crippen LogP contribution in [0.2, 0.25) is 5.04 Å². The molecule has 4 aliphatic heterocycles. The average molecular weight is 1150 g/mol. The molecule has 24 heteroatoms. The van der Waals surface area contributed by atoms with E-state index in [0.717, 1.165) is 38.1 Å². The topological polar surface area (TPSA) is 250 Å². The zero-order valence-electron chi connectivity index (χ0n) is 43.0. The highest BCUT2D eigenvalue weighted by molar-refractivity contribution is 6.99. The molecule has 20 nitrogen and oxygen atoms in total. The van der Waals surface area contributed by atoms with Gasteiger partial charge in [0.05, 0.1) is 28.9 Å². The molecule has 0 saturated carbocycles. The van der Waals surface area contributed by atoms with Crippen LogP contribution in [0.25, 0.3) is 0 Å². The third-order valence-corrected chi connectivity index (χ3v) is 19.0. The van der Waals surface area contributed by atoms with E-state index in [1.54, 1.807) is 0 Å². The number of esters is 4. The molecule has 78 heavy (non-hydrogen) atoms. The van der Waals surface area contributed by atoms with Crippen molar-refractivity contribution in [3.05, 3.63) is 131 Å². The molecule has 1 N–H and O–H groups in total. The van der Waals surface area contributed by atoms with E-state index < -0.39 is 145 Å². The van der Waals surface area contributed by atoms with E-state index in [1.165, 1.54) is 48.5 Å². The zero-order chi connectivity index (χ0) is 56.6. The normalized spacial score (nSPS) is 25.2. The van der Waals surface area contributed by atoms with Crippen molar-refractivity contribution in [1.29, 1.82) is 5.41 Å². The van der Waals surface area contributed by atoms with E-state index in [4.69, 9.17) is 82.5 Å². The Hall–Kier alpha value is -6.56. The molecule has 0 unspecified atom stereocenters. The summed E-state index contributed by atoms with van der Waals surface area (Å²) in [6.07, 6.45) is -14.9. The summed E-state index contributed by atoms with van der Waals surface area (Å²) in [6.45, 7) is 8.87. The van der Waals surface area contributed by atoms with Crippen LogP contribution in [0.15, 0.2) is 109 Å². The van der Waals surface area contributed by atoms with E-state index in [2.05, 4.69) is 0 Å². The maximum atomic E-state index is 14.7. The zero-order valence-corrected chi connectivity index (χ0v) is 46.3. The summed E-state index contributed by atoms with van der Waals surface area (Å²) >= 11 is 18.7. The number of nitrogens with zero attached hydrogens (tertiary/aromatic N) is 2. The molecule has 4 aromatic carbocycles. The predicted molar refractivity (Wildman–Crippen MR) is 280 cm³/mol. The summed E-state index contributed by atoms with van der Waals surface area (Å²) in [5.41, 5.74) is -0.314. The number of rotatable bonds is 15. The lowest BCUT2D eigenvalue weighted by Crippen LogP contribution is -2.72. The highest BCUT2D eigenvalue weighted by Gasteiger charge is 2.63. The van der Waals surface area contributed by atoms with E-state index in [0.29, 0.717) is 9.80 Å². The summed E-state index contributed by atoms with van der Waals surface area (Å²) < 4.78 is 54.5. The van der Waals surface area contributed by atoms with E-state index in [9.17, 15) is 38.4 Å². The lowest BCUT2D eigenvalue weighted by molar-refractivity contribution is -0.336. The first-order valence-corrected chi connectivity index (χ1v) is 27.5. The molecule has 2 saturated heterocycles. The van der Waals surface area contributed by atoms with Gasteiger partial charge in [-0.15, -0.1) is 0 Å². The second kappa shape index (κ2) is 23.0. The van der Waals surface area contributed by atoms with E-state index in [-0.39, 0.29) is 22.3 Å². The van der Waals surface area contributed by atoms with Crippen molar-refractivity contribution in [3.63, 3.8) is 0 Å². The Bertz CT molecular complexity index is 2900. The first-order valence-electron chi connectivity index (χ1n) is 24.5. The van der Waals surface area contributed by atoms with Gasteiger partial charge >= 0.3 is 23.9 Å². The van der Waals surface area contributed by atoms with Crippen LogP contribution in [0.3, 0.4) is 0 Å². The highest BCUT2D eigenvalue weighted by atomic mass is 35.6. The van der Waals surface area contributed by atoms with Crippen molar-refractivity contribution in [2.45, 2.75) is 119 Å². The van der Waals surface area contributed by atoms with Crippen molar-refractivity contribution in [2.75, 3.05) is 13.2 Å². The van der Waals surface area contributed by atoms with Gasteiger partial charge in [-0.05, 0) is 39.7 Å². The van der Waals surface area contributed by atoms with Crippen molar-refractivity contribution in [2.24, 2.45) is 0 Å². The van der Waals surface area contributed by atoms with Gasteiger partial charge in [0.1, 0.15) is 37.0 Å². The summed E-state index contributed by atoms with van der Waals surface area (Å²) in [6, 6.07) is 26.4. The number of carbonyl (C=O) groups is 8. The Balaban J connectivity index is 1.37. The molecule has 4 aromatic rings. The lowest BCUT2D eigenvalue weighted by atomic mass is 9.92. The smallest absolute Gasteiger partial charge is 0.303 e. The molecule has 0 bridgehead atoms. The fourth-order valence-electron chi connectivity index (χ4n) is 10.4. The summed E-state index contributed by atoms with van der Waals surface area (Å²) in [5, 5.41) is 9.68. The van der Waals surface area contributed by atoms with Gasteiger partial charge in [0, 0.05) is 27.7 Å². The molecular formula is C54H54Cl3N3O17Si. The Kier molecular flexibility index (Phi) is 17.0. The molecule has 0 spiro atoms. The number of benzene rings is 4. The quantitative estimate of drug-likeness (QED) is 0.0296. The molecule has 0 radical (unpaired) electrons. The van der Waals surface area contributed by atoms with Crippen molar-refractivity contribution in [1.82, 2.24) is 9.80 Å². The Morgan fingerprint density at radius 3 is 1.29 bits per heavy atom. The van der Waals surface area contributed by atoms with E-state index >= 15 is 0 Å². The Morgan fingerprint density at radius 2 is 0.897 bits per heavy atom. The number of ether oxygens (including phenoxy) is 8. The Labute approximate surface area is 463 Å². The number of nitrogens with one attached hydrogen (secondary N) is 1. The first kappa shape index (κ1) is 57.6. The molecule has 0 aromatic heterocycles. The van der Waals surface area contributed by atoms with Crippen LogP contribution in [0.1, 0.15) is 89.9 Å². The van der Waals surface area contributed by atoms with Crippen LogP contribution in [-0.2, 0) is 61.5 Å². The molecule has 4 amide bonds. The first-order chi connectivity index (χ1) is 36.8. The highest BCUT2D eigenvalue weighted by Crippen LogP contribution is 2.43. The van der Waals surface area contributed by atoms with Gasteiger partial charge in [0.25, 0.3) is 35.7 Å². The monoisotopic (exact) mass is 1150 g/mol. The van der Waals surface area contributed by atoms with Crippen LogP contribution in [0.5, 0.6) is 0 Å². The van der Waals surface area contributed by atoms with Crippen LogP contribution in [0, 0.1) is 5.41 Å². The fourth-order valence-corrected chi connectivity index (χ4v) is 15.1. The largest absolute Gasteiger partial charge is 0.463 e. The van der Waals surface area contributed by atoms with Gasteiger partial charge in [0.2, 0.25) is 12.2 Å². The molecule has 10 atom stereocenters. The average Bonchev–Trinajstić information content (AvgIpc) is 3.96. The van der Waals surface area contributed by atoms with E-state index in [1.807, 2.05) is 81.4 Å². The van der Waals surface area contributed by atoms with Crippen LogP contribution in [0.4, 0.5) is 0 Å². The predicted octanol–water partition coefficient (Wildman–Crippen LogP) is 5.45. The molecule has 2 fully saturated rings. The number of imide groups is 2. The van der Waals surface area contributed by atoms with Gasteiger partial charge in [-0.3, -0.25) is 53.6 Å². The number of hydrogen-bond donors (Lipinski definition) is 1. The minimum atomic E-state index is -3.63. The third kappa shape index (κ3) is 11.3. The van der Waals surface area contributed by atoms with Gasteiger partial charge in [0.15, 0.2) is 24.6 Å². The number of fused-ring (bicyclic) bond motifs is 2. The fraction of sp³-hybridized carbons (Fsp3) is 0.389. The minimum absolute atomic E-state index is 0.0775.